The summed E-state index contributed by atoms with van der Waals surface area (Å²) in [6.45, 7) is 5.04. The largest absolute Gasteiger partial charge is 0.493 e. The van der Waals surface area contributed by atoms with E-state index in [-0.39, 0.29) is 0 Å². The Bertz CT molecular complexity index is 406. The molecule has 0 saturated carbocycles. The van der Waals surface area contributed by atoms with Crippen LogP contribution in [0.4, 0.5) is 5.69 Å². The molecule has 1 aromatic rings. The molecular formula is C17H26N2O. The second-order valence-electron chi connectivity index (χ2n) is 5.06. The van der Waals surface area contributed by atoms with Gasteiger partial charge in [-0.2, -0.15) is 5.26 Å². The molecule has 0 amide bonds. The van der Waals surface area contributed by atoms with Gasteiger partial charge in [0.05, 0.1) is 12.7 Å². The van der Waals surface area contributed by atoms with E-state index in [0.29, 0.717) is 19.1 Å². The minimum Gasteiger partial charge on any atom is -0.493 e. The third-order valence-corrected chi connectivity index (χ3v) is 3.18. The highest BCUT2D eigenvalue weighted by Crippen LogP contribution is 2.20. The number of ether oxygens (including phenoxy) is 1. The van der Waals surface area contributed by atoms with E-state index in [1.54, 1.807) is 0 Å². The van der Waals surface area contributed by atoms with Crippen molar-refractivity contribution < 1.29 is 4.74 Å². The summed E-state index contributed by atoms with van der Waals surface area (Å²) < 4.78 is 5.66. The fraction of sp³-hybridized carbons (Fsp3) is 0.588. The Morgan fingerprint density at radius 2 is 2.00 bits per heavy atom. The van der Waals surface area contributed by atoms with E-state index in [0.717, 1.165) is 17.9 Å². The van der Waals surface area contributed by atoms with Crippen LogP contribution in [0.5, 0.6) is 5.75 Å². The molecular weight excluding hydrogens is 248 g/mol. The third-order valence-electron chi connectivity index (χ3n) is 3.18. The zero-order valence-corrected chi connectivity index (χ0v) is 12.7. The van der Waals surface area contributed by atoms with Crippen molar-refractivity contribution in [2.24, 2.45) is 0 Å². The van der Waals surface area contributed by atoms with Gasteiger partial charge in [0.15, 0.2) is 0 Å². The van der Waals surface area contributed by atoms with Gasteiger partial charge in [-0.05, 0) is 31.4 Å². The standard InChI is InChI=1S/C17H26N2O/c1-3-8-15(9-4-2)19-16-10-7-11-17(14-16)20-13-6-5-12-18/h7,10-11,14-15,19H,3-6,8-9,13H2,1-2H3. The van der Waals surface area contributed by atoms with Crippen LogP contribution >= 0.6 is 0 Å². The van der Waals surface area contributed by atoms with Crippen LogP contribution in [0.2, 0.25) is 0 Å². The first-order valence-corrected chi connectivity index (χ1v) is 7.66. The molecule has 0 atom stereocenters. The zero-order chi connectivity index (χ0) is 14.6. The van der Waals surface area contributed by atoms with Crippen molar-refractivity contribution in [3.8, 4) is 11.8 Å². The van der Waals surface area contributed by atoms with E-state index in [2.05, 4.69) is 31.3 Å². The van der Waals surface area contributed by atoms with Gasteiger partial charge >= 0.3 is 0 Å². The molecule has 3 nitrogen and oxygen atoms in total. The number of unbranched alkanes of at least 4 members (excludes halogenated alkanes) is 1. The Morgan fingerprint density at radius 1 is 1.25 bits per heavy atom. The lowest BCUT2D eigenvalue weighted by Gasteiger charge is -2.19. The Kier molecular flexibility index (Phi) is 8.30. The van der Waals surface area contributed by atoms with Crippen molar-refractivity contribution in [1.82, 2.24) is 0 Å². The molecule has 0 unspecified atom stereocenters. The summed E-state index contributed by atoms with van der Waals surface area (Å²) in [7, 11) is 0. The number of nitrogens with one attached hydrogen (secondary N) is 1. The molecule has 0 aliphatic carbocycles. The molecule has 0 radical (unpaired) electrons. The molecule has 0 bridgehead atoms. The lowest BCUT2D eigenvalue weighted by Crippen LogP contribution is -2.18. The van der Waals surface area contributed by atoms with Gasteiger partial charge in [-0.3, -0.25) is 0 Å². The highest BCUT2D eigenvalue weighted by Gasteiger charge is 2.06. The number of rotatable bonds is 10. The zero-order valence-electron chi connectivity index (χ0n) is 12.7. The fourth-order valence-corrected chi connectivity index (χ4v) is 2.24. The first kappa shape index (κ1) is 16.4. The highest BCUT2D eigenvalue weighted by atomic mass is 16.5. The molecule has 0 fully saturated rings. The van der Waals surface area contributed by atoms with E-state index >= 15 is 0 Å². The fourth-order valence-electron chi connectivity index (χ4n) is 2.24. The second-order valence-corrected chi connectivity index (χ2v) is 5.06. The molecule has 3 heteroatoms. The van der Waals surface area contributed by atoms with E-state index in [9.17, 15) is 0 Å². The van der Waals surface area contributed by atoms with Crippen LogP contribution < -0.4 is 10.1 Å². The van der Waals surface area contributed by atoms with Crippen molar-refractivity contribution in [3.63, 3.8) is 0 Å². The molecule has 0 heterocycles. The smallest absolute Gasteiger partial charge is 0.121 e. The first-order chi connectivity index (χ1) is 9.80. The maximum Gasteiger partial charge on any atom is 0.121 e. The summed E-state index contributed by atoms with van der Waals surface area (Å²) in [5.41, 5.74) is 1.12. The van der Waals surface area contributed by atoms with E-state index in [1.165, 1.54) is 25.7 Å². The summed E-state index contributed by atoms with van der Waals surface area (Å²) in [6.07, 6.45) is 6.11. The molecule has 1 N–H and O–H groups in total. The van der Waals surface area contributed by atoms with Gasteiger partial charge in [-0.15, -0.1) is 0 Å². The Morgan fingerprint density at radius 3 is 2.65 bits per heavy atom. The monoisotopic (exact) mass is 274 g/mol. The van der Waals surface area contributed by atoms with Gasteiger partial charge in [0.1, 0.15) is 5.75 Å². The molecule has 0 aliphatic rings. The van der Waals surface area contributed by atoms with Crippen LogP contribution in [0.15, 0.2) is 24.3 Å². The summed E-state index contributed by atoms with van der Waals surface area (Å²) in [5.74, 6) is 0.875. The predicted octanol–water partition coefficient (Wildman–Crippen LogP) is 4.75. The summed E-state index contributed by atoms with van der Waals surface area (Å²) in [6, 6.07) is 10.8. The predicted molar refractivity (Wildman–Crippen MR) is 84.0 cm³/mol. The molecule has 1 aromatic carbocycles. The number of anilines is 1. The van der Waals surface area contributed by atoms with Crippen LogP contribution in [0, 0.1) is 11.3 Å². The first-order valence-electron chi connectivity index (χ1n) is 7.66. The highest BCUT2D eigenvalue weighted by molar-refractivity contribution is 5.48. The SMILES string of the molecule is CCCC(CCC)Nc1cccc(OCCCC#N)c1. The van der Waals surface area contributed by atoms with Gasteiger partial charge in [-0.1, -0.05) is 32.8 Å². The van der Waals surface area contributed by atoms with Gasteiger partial charge in [0.2, 0.25) is 0 Å². The maximum atomic E-state index is 8.49. The Labute approximate surface area is 123 Å². The van der Waals surface area contributed by atoms with Crippen LogP contribution in [-0.4, -0.2) is 12.6 Å². The number of hydrogen-bond acceptors (Lipinski definition) is 3. The Balaban J connectivity index is 2.51. The van der Waals surface area contributed by atoms with Gasteiger partial charge in [0, 0.05) is 24.2 Å². The van der Waals surface area contributed by atoms with E-state index in [4.69, 9.17) is 10.00 Å². The minimum absolute atomic E-state index is 0.541. The molecule has 110 valence electrons. The third kappa shape index (κ3) is 6.47. The number of nitriles is 1. The summed E-state index contributed by atoms with van der Waals surface area (Å²) in [5, 5.41) is 12.1. The Hall–Kier alpha value is -1.69. The molecule has 20 heavy (non-hydrogen) atoms. The van der Waals surface area contributed by atoms with Crippen LogP contribution in [-0.2, 0) is 0 Å². The molecule has 0 aliphatic heterocycles. The van der Waals surface area contributed by atoms with Crippen molar-refractivity contribution in [2.75, 3.05) is 11.9 Å². The van der Waals surface area contributed by atoms with Crippen LogP contribution in [0.25, 0.3) is 0 Å². The lowest BCUT2D eigenvalue weighted by atomic mass is 10.1. The topological polar surface area (TPSA) is 45.0 Å². The number of hydrogen-bond donors (Lipinski definition) is 1. The molecule has 1 rings (SSSR count). The van der Waals surface area contributed by atoms with Gasteiger partial charge in [-0.25, -0.2) is 0 Å². The molecule has 0 aromatic heterocycles. The molecule has 0 saturated heterocycles. The van der Waals surface area contributed by atoms with Crippen molar-refractivity contribution in [3.05, 3.63) is 24.3 Å². The van der Waals surface area contributed by atoms with Crippen LogP contribution in [0.3, 0.4) is 0 Å². The quantitative estimate of drug-likeness (QED) is 0.626. The second kappa shape index (κ2) is 10.1. The normalized spacial score (nSPS) is 10.3. The summed E-state index contributed by atoms with van der Waals surface area (Å²) in [4.78, 5) is 0. The van der Waals surface area contributed by atoms with Crippen molar-refractivity contribution in [1.29, 1.82) is 5.26 Å². The van der Waals surface area contributed by atoms with E-state index in [1.807, 2.05) is 18.2 Å². The minimum atomic E-state index is 0.541. The number of benzene rings is 1. The van der Waals surface area contributed by atoms with Crippen molar-refractivity contribution in [2.45, 2.75) is 58.4 Å². The van der Waals surface area contributed by atoms with Gasteiger partial charge < -0.3 is 10.1 Å². The lowest BCUT2D eigenvalue weighted by molar-refractivity contribution is 0.313. The van der Waals surface area contributed by atoms with Crippen molar-refractivity contribution >= 4 is 5.69 Å². The average Bonchev–Trinajstić information content (AvgIpc) is 2.45. The summed E-state index contributed by atoms with van der Waals surface area (Å²) >= 11 is 0. The van der Waals surface area contributed by atoms with Crippen LogP contribution in [0.1, 0.15) is 52.4 Å². The van der Waals surface area contributed by atoms with E-state index < -0.39 is 0 Å². The van der Waals surface area contributed by atoms with Gasteiger partial charge in [0.25, 0.3) is 0 Å². The average molecular weight is 274 g/mol. The number of nitrogens with zero attached hydrogens (tertiary/aromatic N) is 1. The molecule has 0 spiro atoms. The maximum absolute atomic E-state index is 8.49.